The molecule has 1 rings (SSSR count). The van der Waals surface area contributed by atoms with Gasteiger partial charge < -0.3 is 15.8 Å². The largest absolute Gasteiger partial charge is 0.492 e. The van der Waals surface area contributed by atoms with Gasteiger partial charge in [0.15, 0.2) is 0 Å². The fraction of sp³-hybridized carbons (Fsp3) is 0.364. The maximum absolute atomic E-state index is 11.9. The van der Waals surface area contributed by atoms with Crippen molar-refractivity contribution in [2.45, 2.75) is 12.6 Å². The lowest BCUT2D eigenvalue weighted by Crippen LogP contribution is -2.21. The minimum Gasteiger partial charge on any atom is -0.492 e. The van der Waals surface area contributed by atoms with Gasteiger partial charge in [-0.25, -0.2) is 0 Å². The van der Waals surface area contributed by atoms with E-state index in [0.29, 0.717) is 18.9 Å². The van der Waals surface area contributed by atoms with Gasteiger partial charge in [0.25, 0.3) is 0 Å². The van der Waals surface area contributed by atoms with Gasteiger partial charge >= 0.3 is 6.18 Å². The molecule has 1 amide bonds. The molecule has 1 aromatic rings. The molecule has 0 heterocycles. The third kappa shape index (κ3) is 7.53. The molecule has 0 saturated heterocycles. The molecule has 8 heteroatoms. The van der Waals surface area contributed by atoms with E-state index in [-0.39, 0.29) is 18.1 Å². The van der Waals surface area contributed by atoms with Crippen LogP contribution in [0, 0.1) is 0 Å². The van der Waals surface area contributed by atoms with E-state index in [1.54, 1.807) is 12.1 Å². The van der Waals surface area contributed by atoms with Crippen LogP contribution in [-0.2, 0) is 4.79 Å². The van der Waals surface area contributed by atoms with Crippen LogP contribution >= 0.6 is 12.4 Å². The predicted molar refractivity (Wildman–Crippen MR) is 67.5 cm³/mol. The van der Waals surface area contributed by atoms with E-state index in [1.807, 2.05) is 0 Å². The number of rotatable bonds is 5. The maximum Gasteiger partial charge on any atom is 0.397 e. The summed E-state index contributed by atoms with van der Waals surface area (Å²) in [4.78, 5) is 11.0. The van der Waals surface area contributed by atoms with E-state index in [4.69, 9.17) is 10.5 Å². The van der Waals surface area contributed by atoms with Gasteiger partial charge in [-0.05, 0) is 24.3 Å². The Morgan fingerprint density at radius 3 is 2.32 bits per heavy atom. The van der Waals surface area contributed by atoms with Gasteiger partial charge in [0.1, 0.15) is 18.8 Å². The van der Waals surface area contributed by atoms with Gasteiger partial charge in [-0.2, -0.15) is 13.2 Å². The van der Waals surface area contributed by atoms with Crippen molar-refractivity contribution in [3.8, 4) is 5.75 Å². The molecule has 4 nitrogen and oxygen atoms in total. The number of anilines is 1. The van der Waals surface area contributed by atoms with Gasteiger partial charge in [-0.3, -0.25) is 4.79 Å². The van der Waals surface area contributed by atoms with Crippen LogP contribution in [0.1, 0.15) is 6.42 Å². The Morgan fingerprint density at radius 2 is 1.84 bits per heavy atom. The predicted octanol–water partition coefficient (Wildman–Crippen LogP) is 2.34. The Hall–Kier alpha value is -1.47. The molecule has 1 aromatic carbocycles. The lowest BCUT2D eigenvalue weighted by Gasteiger charge is -2.09. The Bertz CT molecular complexity index is 396. The molecule has 0 radical (unpaired) electrons. The van der Waals surface area contributed by atoms with Crippen molar-refractivity contribution < 1.29 is 22.7 Å². The lowest BCUT2D eigenvalue weighted by molar-refractivity contribution is -0.150. The average Bonchev–Trinajstić information content (AvgIpc) is 2.25. The molecular formula is C11H14ClF3N2O2. The topological polar surface area (TPSA) is 64.3 Å². The minimum atomic E-state index is -4.51. The van der Waals surface area contributed by atoms with Gasteiger partial charge in [0.2, 0.25) is 5.91 Å². The van der Waals surface area contributed by atoms with E-state index in [9.17, 15) is 18.0 Å². The van der Waals surface area contributed by atoms with Gasteiger partial charge in [0.05, 0.1) is 0 Å². The molecule has 108 valence electrons. The Kier molecular flexibility index (Phi) is 7.25. The number of hydrogen-bond acceptors (Lipinski definition) is 3. The zero-order valence-electron chi connectivity index (χ0n) is 9.87. The number of alkyl halides is 3. The van der Waals surface area contributed by atoms with Crippen LogP contribution in [0.25, 0.3) is 0 Å². The number of ether oxygens (including phenoxy) is 1. The third-order valence-corrected chi connectivity index (χ3v) is 1.89. The summed E-state index contributed by atoms with van der Waals surface area (Å²) in [6.07, 6.45) is -6.01. The number of nitrogens with one attached hydrogen (secondary N) is 1. The molecule has 0 aromatic heterocycles. The summed E-state index contributed by atoms with van der Waals surface area (Å²) in [5.41, 5.74) is 5.52. The summed E-state index contributed by atoms with van der Waals surface area (Å²) >= 11 is 0. The average molecular weight is 299 g/mol. The highest BCUT2D eigenvalue weighted by molar-refractivity contribution is 5.91. The Balaban J connectivity index is 0.00000324. The molecule has 0 atom stereocenters. The number of nitrogens with two attached hydrogens (primary N) is 1. The summed E-state index contributed by atoms with van der Waals surface area (Å²) in [6, 6.07) is 6.00. The number of benzene rings is 1. The second-order valence-electron chi connectivity index (χ2n) is 3.50. The van der Waals surface area contributed by atoms with Crippen LogP contribution in [0.4, 0.5) is 18.9 Å². The number of carbonyl (C=O) groups is 1. The highest BCUT2D eigenvalue weighted by atomic mass is 35.5. The summed E-state index contributed by atoms with van der Waals surface area (Å²) < 4.78 is 40.9. The second kappa shape index (κ2) is 7.85. The number of hydrogen-bond donors (Lipinski definition) is 2. The first-order chi connectivity index (χ1) is 8.40. The van der Waals surface area contributed by atoms with E-state index in [1.165, 1.54) is 12.1 Å². The smallest absolute Gasteiger partial charge is 0.397 e. The van der Waals surface area contributed by atoms with Crippen LogP contribution in [0.15, 0.2) is 24.3 Å². The van der Waals surface area contributed by atoms with Gasteiger partial charge in [-0.1, -0.05) is 0 Å². The van der Waals surface area contributed by atoms with Gasteiger partial charge in [0, 0.05) is 12.2 Å². The molecule has 0 aliphatic carbocycles. The molecule has 19 heavy (non-hydrogen) atoms. The van der Waals surface area contributed by atoms with Crippen molar-refractivity contribution in [2.75, 3.05) is 18.5 Å². The highest BCUT2D eigenvalue weighted by Gasteiger charge is 2.31. The Morgan fingerprint density at radius 1 is 1.26 bits per heavy atom. The summed E-state index contributed by atoms with van der Waals surface area (Å²) in [5.74, 6) is -0.563. The van der Waals surface area contributed by atoms with Crippen molar-refractivity contribution in [2.24, 2.45) is 5.73 Å². The monoisotopic (exact) mass is 298 g/mol. The summed E-state index contributed by atoms with van der Waals surface area (Å²) in [5, 5.41) is 2.14. The molecule has 0 unspecified atom stereocenters. The SMILES string of the molecule is Cl.NCCOc1ccc(NC(=O)CC(F)(F)F)cc1. The Labute approximate surface area is 114 Å². The summed E-state index contributed by atoms with van der Waals surface area (Å²) in [6.45, 7) is 0.712. The third-order valence-electron chi connectivity index (χ3n) is 1.89. The number of halogens is 4. The molecule has 0 spiro atoms. The molecule has 0 aliphatic heterocycles. The zero-order valence-corrected chi connectivity index (χ0v) is 10.7. The van der Waals surface area contributed by atoms with Crippen molar-refractivity contribution in [3.63, 3.8) is 0 Å². The van der Waals surface area contributed by atoms with E-state index in [2.05, 4.69) is 5.32 Å². The highest BCUT2D eigenvalue weighted by Crippen LogP contribution is 2.21. The van der Waals surface area contributed by atoms with Gasteiger partial charge in [-0.15, -0.1) is 12.4 Å². The van der Waals surface area contributed by atoms with Crippen molar-refractivity contribution in [1.29, 1.82) is 0 Å². The van der Waals surface area contributed by atoms with Crippen LogP contribution in [0.5, 0.6) is 5.75 Å². The van der Waals surface area contributed by atoms with Crippen molar-refractivity contribution in [3.05, 3.63) is 24.3 Å². The van der Waals surface area contributed by atoms with Crippen LogP contribution in [-0.4, -0.2) is 25.2 Å². The molecule has 0 saturated carbocycles. The van der Waals surface area contributed by atoms with Crippen LogP contribution < -0.4 is 15.8 Å². The molecule has 0 aliphatic rings. The van der Waals surface area contributed by atoms with E-state index in [0.717, 1.165) is 0 Å². The minimum absolute atomic E-state index is 0. The standard InChI is InChI=1S/C11H13F3N2O2.ClH/c12-11(13,14)7-10(17)16-8-1-3-9(4-2-8)18-6-5-15;/h1-4H,5-7,15H2,(H,16,17);1H. The van der Waals surface area contributed by atoms with E-state index < -0.39 is 18.5 Å². The molecule has 0 fully saturated rings. The number of carbonyl (C=O) groups excluding carboxylic acids is 1. The van der Waals surface area contributed by atoms with Crippen molar-refractivity contribution in [1.82, 2.24) is 0 Å². The normalized spacial score (nSPS) is 10.5. The van der Waals surface area contributed by atoms with Crippen LogP contribution in [0.3, 0.4) is 0 Å². The first-order valence-electron chi connectivity index (χ1n) is 5.20. The zero-order chi connectivity index (χ0) is 13.6. The molecular weight excluding hydrogens is 285 g/mol. The second-order valence-corrected chi connectivity index (χ2v) is 3.50. The first-order valence-corrected chi connectivity index (χ1v) is 5.20. The van der Waals surface area contributed by atoms with Crippen LogP contribution in [0.2, 0.25) is 0 Å². The first kappa shape index (κ1) is 17.5. The fourth-order valence-corrected chi connectivity index (χ4v) is 1.20. The number of amides is 1. The quantitative estimate of drug-likeness (QED) is 0.877. The van der Waals surface area contributed by atoms with Crippen molar-refractivity contribution >= 4 is 24.0 Å². The molecule has 3 N–H and O–H groups in total. The molecule has 0 bridgehead atoms. The lowest BCUT2D eigenvalue weighted by atomic mass is 10.3. The fourth-order valence-electron chi connectivity index (χ4n) is 1.20. The maximum atomic E-state index is 11.9. The van der Waals surface area contributed by atoms with E-state index >= 15 is 0 Å². The summed E-state index contributed by atoms with van der Waals surface area (Å²) in [7, 11) is 0.